The number of nitrogens with zero attached hydrogens (tertiary/aromatic N) is 6. The van der Waals surface area contributed by atoms with Crippen molar-refractivity contribution in [1.82, 2.24) is 24.8 Å². The zero-order valence-corrected chi connectivity index (χ0v) is 25.9. The van der Waals surface area contributed by atoms with Gasteiger partial charge in [0.2, 0.25) is 5.95 Å². The minimum atomic E-state index is -1.43. The van der Waals surface area contributed by atoms with Crippen LogP contribution >= 0.6 is 0 Å². The van der Waals surface area contributed by atoms with E-state index in [1.165, 1.54) is 18.2 Å². The van der Waals surface area contributed by atoms with Crippen LogP contribution in [-0.4, -0.2) is 120 Å². The summed E-state index contributed by atoms with van der Waals surface area (Å²) in [4.78, 5) is 31.4. The lowest BCUT2D eigenvalue weighted by atomic mass is 10.0. The summed E-state index contributed by atoms with van der Waals surface area (Å²) < 4.78 is 32.0. The van der Waals surface area contributed by atoms with Gasteiger partial charge in [-0.3, -0.25) is 9.69 Å². The molecule has 6 rings (SSSR count). The van der Waals surface area contributed by atoms with E-state index in [-0.39, 0.29) is 19.5 Å². The van der Waals surface area contributed by atoms with Crippen LogP contribution in [0.3, 0.4) is 0 Å². The SMILES string of the molecule is C#Cc1cc(-c2ncnc(Nc3ccc(N4CCN(C5COC5)CC4)c(OC)c3)n2)ccc1O[C@H]1CCN(C(=O)[C@H](C)O)C[C@H]1F. The number of carbonyl (C=O) groups is 1. The van der Waals surface area contributed by atoms with Gasteiger partial charge >= 0.3 is 0 Å². The monoisotopic (exact) mass is 631 g/mol. The number of halogens is 1. The molecule has 2 aromatic carbocycles. The lowest BCUT2D eigenvalue weighted by molar-refractivity contribution is -0.143. The van der Waals surface area contributed by atoms with Gasteiger partial charge in [-0.1, -0.05) is 5.92 Å². The Balaban J connectivity index is 1.11. The fourth-order valence-corrected chi connectivity index (χ4v) is 5.93. The molecule has 3 atom stereocenters. The average molecular weight is 632 g/mol. The number of aliphatic hydroxyl groups is 1. The normalized spacial score (nSPS) is 21.2. The number of likely N-dealkylation sites (tertiary alicyclic amines) is 1. The fourth-order valence-electron chi connectivity index (χ4n) is 5.93. The number of rotatable bonds is 9. The smallest absolute Gasteiger partial charge is 0.251 e. The van der Waals surface area contributed by atoms with Crippen molar-refractivity contribution >= 4 is 23.2 Å². The van der Waals surface area contributed by atoms with E-state index in [1.807, 2.05) is 18.2 Å². The Morgan fingerprint density at radius 1 is 1.13 bits per heavy atom. The van der Waals surface area contributed by atoms with E-state index in [0.717, 1.165) is 56.5 Å². The van der Waals surface area contributed by atoms with E-state index in [4.69, 9.17) is 20.6 Å². The van der Waals surface area contributed by atoms with Crippen LogP contribution in [-0.2, 0) is 9.53 Å². The highest BCUT2D eigenvalue weighted by Crippen LogP contribution is 2.34. The number of piperazine rings is 1. The first kappa shape index (κ1) is 31.5. The van der Waals surface area contributed by atoms with Gasteiger partial charge in [-0.15, -0.1) is 6.42 Å². The zero-order chi connectivity index (χ0) is 32.2. The first-order valence-electron chi connectivity index (χ1n) is 15.4. The molecule has 1 amide bonds. The Hall–Kier alpha value is -4.51. The van der Waals surface area contributed by atoms with Crippen molar-refractivity contribution in [2.24, 2.45) is 0 Å². The number of hydrogen-bond acceptors (Lipinski definition) is 11. The van der Waals surface area contributed by atoms with Gasteiger partial charge in [-0.05, 0) is 37.3 Å². The summed E-state index contributed by atoms with van der Waals surface area (Å²) in [6.07, 6.45) is 4.10. The summed E-state index contributed by atoms with van der Waals surface area (Å²) in [5, 5.41) is 12.8. The molecule has 0 saturated carbocycles. The minimum absolute atomic E-state index is 0.152. The van der Waals surface area contributed by atoms with Crippen molar-refractivity contribution in [3.05, 3.63) is 48.3 Å². The summed E-state index contributed by atoms with van der Waals surface area (Å²) in [7, 11) is 1.66. The van der Waals surface area contributed by atoms with Gasteiger partial charge in [-0.2, -0.15) is 4.98 Å². The third-order valence-corrected chi connectivity index (χ3v) is 8.62. The predicted molar refractivity (Wildman–Crippen MR) is 170 cm³/mol. The summed E-state index contributed by atoms with van der Waals surface area (Å²) >= 11 is 0. The van der Waals surface area contributed by atoms with Gasteiger partial charge in [0, 0.05) is 56.5 Å². The first-order valence-corrected chi connectivity index (χ1v) is 15.4. The lowest BCUT2D eigenvalue weighted by Crippen LogP contribution is -2.56. The molecule has 3 saturated heterocycles. The maximum absolute atomic E-state index is 14.9. The highest BCUT2D eigenvalue weighted by Gasteiger charge is 2.34. The highest BCUT2D eigenvalue weighted by atomic mass is 19.1. The van der Waals surface area contributed by atoms with Crippen LogP contribution in [0.5, 0.6) is 11.5 Å². The largest absolute Gasteiger partial charge is 0.495 e. The maximum atomic E-state index is 14.9. The number of nitrogens with one attached hydrogen (secondary N) is 1. The number of amides is 1. The number of alkyl halides is 1. The van der Waals surface area contributed by atoms with Gasteiger partial charge in [-0.25, -0.2) is 14.4 Å². The molecule has 13 heteroatoms. The van der Waals surface area contributed by atoms with E-state index >= 15 is 0 Å². The molecule has 46 heavy (non-hydrogen) atoms. The topological polar surface area (TPSA) is 125 Å². The molecule has 1 aromatic heterocycles. The predicted octanol–water partition coefficient (Wildman–Crippen LogP) is 2.49. The minimum Gasteiger partial charge on any atom is -0.495 e. The second kappa shape index (κ2) is 13.9. The fraction of sp³-hybridized carbons (Fsp3) is 0.455. The average Bonchev–Trinajstić information content (AvgIpc) is 3.05. The number of aromatic nitrogens is 3. The van der Waals surface area contributed by atoms with Crippen LogP contribution in [0.1, 0.15) is 18.9 Å². The number of methoxy groups -OCH3 is 1. The van der Waals surface area contributed by atoms with Crippen molar-refractivity contribution in [2.45, 2.75) is 37.8 Å². The molecule has 3 fully saturated rings. The molecule has 3 aliphatic rings. The molecule has 0 bridgehead atoms. The molecule has 12 nitrogen and oxygen atoms in total. The van der Waals surface area contributed by atoms with E-state index in [0.29, 0.717) is 34.7 Å². The number of ether oxygens (including phenoxy) is 3. The molecule has 2 N–H and O–H groups in total. The molecular weight excluding hydrogens is 593 g/mol. The Morgan fingerprint density at radius 2 is 1.93 bits per heavy atom. The molecule has 0 aliphatic carbocycles. The summed E-state index contributed by atoms with van der Waals surface area (Å²) in [6.45, 7) is 6.95. The Morgan fingerprint density at radius 3 is 2.61 bits per heavy atom. The maximum Gasteiger partial charge on any atom is 0.251 e. The first-order chi connectivity index (χ1) is 22.3. The summed E-state index contributed by atoms with van der Waals surface area (Å²) in [5.74, 6) is 3.96. The number of hydrogen-bond donors (Lipinski definition) is 2. The van der Waals surface area contributed by atoms with Crippen LogP contribution in [0.2, 0.25) is 0 Å². The van der Waals surface area contributed by atoms with Gasteiger partial charge in [0.15, 0.2) is 12.0 Å². The van der Waals surface area contributed by atoms with Crippen LogP contribution in [0.25, 0.3) is 11.4 Å². The van der Waals surface area contributed by atoms with E-state index in [1.54, 1.807) is 25.3 Å². The summed E-state index contributed by atoms with van der Waals surface area (Å²) in [5.41, 5.74) is 2.86. The van der Waals surface area contributed by atoms with Crippen molar-refractivity contribution in [1.29, 1.82) is 0 Å². The number of benzene rings is 2. The van der Waals surface area contributed by atoms with Crippen molar-refractivity contribution in [2.75, 3.05) is 69.8 Å². The Labute approximate surface area is 267 Å². The second-order valence-electron chi connectivity index (χ2n) is 11.6. The summed E-state index contributed by atoms with van der Waals surface area (Å²) in [6, 6.07) is 11.6. The molecule has 3 aromatic rings. The molecule has 4 heterocycles. The van der Waals surface area contributed by atoms with Crippen LogP contribution in [0.4, 0.5) is 21.7 Å². The van der Waals surface area contributed by atoms with Crippen LogP contribution < -0.4 is 19.7 Å². The number of aliphatic hydroxyl groups excluding tert-OH is 1. The molecule has 3 aliphatic heterocycles. The number of anilines is 3. The van der Waals surface area contributed by atoms with Gasteiger partial charge in [0.25, 0.3) is 5.91 Å². The quantitative estimate of drug-likeness (QED) is 0.339. The molecule has 0 spiro atoms. The van der Waals surface area contributed by atoms with Gasteiger partial charge in [0.05, 0.1) is 44.2 Å². The van der Waals surface area contributed by atoms with E-state index in [2.05, 4.69) is 36.0 Å². The molecule has 0 unspecified atom stereocenters. The molecule has 0 radical (unpaired) electrons. The van der Waals surface area contributed by atoms with Gasteiger partial charge in [0.1, 0.15) is 30.0 Å². The Bertz CT molecular complexity index is 1590. The number of terminal acetylenes is 1. The van der Waals surface area contributed by atoms with Crippen LogP contribution in [0.15, 0.2) is 42.7 Å². The van der Waals surface area contributed by atoms with Crippen molar-refractivity contribution < 1.29 is 28.5 Å². The van der Waals surface area contributed by atoms with Crippen molar-refractivity contribution in [3.63, 3.8) is 0 Å². The standard InChI is InChI=1S/C33H38FN7O5/c1-4-22-15-23(5-8-28(22)46-29-9-10-41(17-26(29)34)32(43)21(2)42)31-35-20-36-33(38-31)37-24-6-7-27(30(16-24)44-3)40-13-11-39(12-14-40)25-18-45-19-25/h1,5-8,15-16,20-21,25-26,29,42H,9-14,17-19H2,2-3H3,(H,35,36,37,38)/t21-,26+,29-/m0/s1. The Kier molecular flexibility index (Phi) is 9.48. The highest BCUT2D eigenvalue weighted by molar-refractivity contribution is 5.80. The molecular formula is C33H38FN7O5. The lowest BCUT2D eigenvalue weighted by Gasteiger charge is -2.43. The van der Waals surface area contributed by atoms with Crippen molar-refractivity contribution in [3.8, 4) is 35.2 Å². The number of piperidine rings is 1. The number of carbonyl (C=O) groups excluding carboxylic acids is 1. The zero-order valence-electron chi connectivity index (χ0n) is 25.9. The van der Waals surface area contributed by atoms with Gasteiger partial charge < -0.3 is 34.4 Å². The van der Waals surface area contributed by atoms with E-state index < -0.39 is 24.3 Å². The van der Waals surface area contributed by atoms with Crippen LogP contribution in [0, 0.1) is 12.3 Å². The third-order valence-electron chi connectivity index (χ3n) is 8.62. The third kappa shape index (κ3) is 6.84. The second-order valence-corrected chi connectivity index (χ2v) is 11.6. The van der Waals surface area contributed by atoms with E-state index in [9.17, 15) is 14.3 Å². The molecule has 242 valence electrons.